The molecule has 4 fully saturated rings. The van der Waals surface area contributed by atoms with Crippen molar-refractivity contribution in [3.05, 3.63) is 42.0 Å². The number of aromatic nitrogens is 2. The number of imidazole rings is 1. The first kappa shape index (κ1) is 29.3. The van der Waals surface area contributed by atoms with Gasteiger partial charge in [-0.05, 0) is 87.2 Å². The van der Waals surface area contributed by atoms with E-state index in [1.807, 2.05) is 18.2 Å². The summed E-state index contributed by atoms with van der Waals surface area (Å²) in [6.07, 6.45) is 18.7. The van der Waals surface area contributed by atoms with E-state index in [9.17, 15) is 15.0 Å². The Morgan fingerprint density at radius 1 is 1.02 bits per heavy atom. The Labute approximate surface area is 265 Å². The van der Waals surface area contributed by atoms with Gasteiger partial charge in [-0.3, -0.25) is 4.79 Å². The number of methoxy groups -OCH3 is 1. The summed E-state index contributed by atoms with van der Waals surface area (Å²) in [5, 5.41) is 24.4. The monoisotopic (exact) mass is 616 g/mol. The minimum absolute atomic E-state index is 0.0173. The molecule has 2 aromatic rings. The van der Waals surface area contributed by atoms with Gasteiger partial charge < -0.3 is 19.9 Å². The Bertz CT molecular complexity index is 1560. The van der Waals surface area contributed by atoms with Crippen LogP contribution in [0, 0.1) is 39.4 Å². The largest absolute Gasteiger partial charge is 0.497 e. The van der Waals surface area contributed by atoms with E-state index >= 15 is 0 Å². The van der Waals surface area contributed by atoms with E-state index in [0.717, 1.165) is 98.1 Å². The van der Waals surface area contributed by atoms with Crippen LogP contribution >= 0.6 is 11.8 Å². The highest BCUT2D eigenvalue weighted by atomic mass is 32.2. The quantitative estimate of drug-likeness (QED) is 0.231. The van der Waals surface area contributed by atoms with Crippen molar-refractivity contribution in [2.45, 2.75) is 108 Å². The number of ketones is 1. The number of nitrogens with one attached hydrogen (secondary N) is 1. The number of aromatic amines is 1. The summed E-state index contributed by atoms with van der Waals surface area (Å²) in [6, 6.07) is 5.86. The summed E-state index contributed by atoms with van der Waals surface area (Å²) in [6.45, 7) is 4.80. The van der Waals surface area contributed by atoms with Crippen LogP contribution in [0.1, 0.15) is 90.9 Å². The lowest BCUT2D eigenvalue weighted by Gasteiger charge is -2.71. The van der Waals surface area contributed by atoms with E-state index in [4.69, 9.17) is 9.72 Å². The predicted molar refractivity (Wildman–Crippen MR) is 174 cm³/mol. The van der Waals surface area contributed by atoms with Gasteiger partial charge in [0, 0.05) is 39.6 Å². The predicted octanol–water partition coefficient (Wildman–Crippen LogP) is 7.40. The van der Waals surface area contributed by atoms with E-state index in [1.54, 1.807) is 18.9 Å². The van der Waals surface area contributed by atoms with Crippen molar-refractivity contribution in [2.24, 2.45) is 39.4 Å². The zero-order valence-electron chi connectivity index (χ0n) is 26.5. The smallest absolute Gasteiger partial charge is 0.166 e. The van der Waals surface area contributed by atoms with E-state index in [2.05, 4.69) is 37.1 Å². The molecule has 0 aliphatic heterocycles. The van der Waals surface area contributed by atoms with Crippen molar-refractivity contribution in [3.63, 3.8) is 0 Å². The lowest BCUT2D eigenvalue weighted by atomic mass is 9.32. The van der Waals surface area contributed by atoms with Crippen molar-refractivity contribution < 1.29 is 19.7 Å². The molecule has 4 saturated carbocycles. The van der Waals surface area contributed by atoms with E-state index < -0.39 is 5.60 Å². The van der Waals surface area contributed by atoms with Crippen LogP contribution in [0.4, 0.5) is 0 Å². The van der Waals surface area contributed by atoms with Crippen LogP contribution in [0.25, 0.3) is 11.0 Å². The molecule has 7 heteroatoms. The number of nitrogens with zero attached hydrogens (tertiary/aromatic N) is 1. The van der Waals surface area contributed by atoms with Crippen LogP contribution in [0.2, 0.25) is 0 Å². The van der Waals surface area contributed by atoms with E-state index in [-0.39, 0.29) is 39.6 Å². The third-order valence-electron chi connectivity index (χ3n) is 14.1. The second kappa shape index (κ2) is 9.95. The van der Waals surface area contributed by atoms with Gasteiger partial charge in [-0.25, -0.2) is 4.98 Å². The van der Waals surface area contributed by atoms with E-state index in [0.29, 0.717) is 17.5 Å². The number of carbonyl (C=O) groups excluding carboxylic acids is 1. The molecule has 0 saturated heterocycles. The molecule has 3 N–H and O–H groups in total. The van der Waals surface area contributed by atoms with Gasteiger partial charge in [-0.15, -0.1) is 0 Å². The van der Waals surface area contributed by atoms with Gasteiger partial charge in [0.1, 0.15) is 5.75 Å². The fourth-order valence-corrected chi connectivity index (χ4v) is 12.7. The standard InChI is InChI=1S/C37H48N2O4S/c1-33-14-11-24(40)20-35(33)17-18-37(26(21-35)31(41)23-7-5-4-6-8-23)29(33)12-15-34(2)30(37)13-16-36(34,42)22-44-32-38-27-10-9-25(43-3)19-28(27)39-32/h9-10,17-19,21,23-24,29-30,40,42H,4-8,11-16,20,22H2,1-3H3,(H,38,39)/t24?,29-,30-,33-,34+,35+,36-,37-/m1/s1. The van der Waals surface area contributed by atoms with Crippen LogP contribution in [0.15, 0.2) is 47.2 Å². The van der Waals surface area contributed by atoms with Crippen molar-refractivity contribution in [1.29, 1.82) is 0 Å². The third kappa shape index (κ3) is 3.81. The minimum Gasteiger partial charge on any atom is -0.497 e. The molecule has 7 aliphatic carbocycles. The van der Waals surface area contributed by atoms with Crippen molar-refractivity contribution in [3.8, 4) is 5.75 Å². The van der Waals surface area contributed by atoms with Gasteiger partial charge in [0.25, 0.3) is 0 Å². The van der Waals surface area contributed by atoms with E-state index in [1.165, 1.54) is 6.42 Å². The molecule has 2 spiro atoms. The summed E-state index contributed by atoms with van der Waals surface area (Å²) in [5.41, 5.74) is 1.14. The summed E-state index contributed by atoms with van der Waals surface area (Å²) in [7, 11) is 1.67. The molecule has 44 heavy (non-hydrogen) atoms. The van der Waals surface area contributed by atoms with Crippen molar-refractivity contribution >= 4 is 28.6 Å². The van der Waals surface area contributed by atoms with Gasteiger partial charge >= 0.3 is 0 Å². The lowest BCUT2D eigenvalue weighted by molar-refractivity contribution is -0.171. The Morgan fingerprint density at radius 3 is 2.57 bits per heavy atom. The molecule has 7 aliphatic rings. The van der Waals surface area contributed by atoms with Gasteiger partial charge in [0.15, 0.2) is 10.9 Å². The number of fused-ring (bicyclic) bond motifs is 2. The van der Waals surface area contributed by atoms with Crippen molar-refractivity contribution in [2.75, 3.05) is 12.9 Å². The number of benzene rings is 1. The number of allylic oxidation sites excluding steroid dienone is 4. The number of H-pyrrole nitrogens is 1. The Hall–Kier alpha value is -2.09. The number of rotatable bonds is 6. The fraction of sp³-hybridized carbons (Fsp3) is 0.676. The number of aliphatic hydroxyl groups is 2. The molecular formula is C37H48N2O4S. The number of carbonyl (C=O) groups is 1. The molecule has 8 atom stereocenters. The molecule has 6 nitrogen and oxygen atoms in total. The SMILES string of the molecule is COc1ccc2nc(SC[C@]3(O)CC[C@H]4[C@]56C=C[C@@]7(C=C5C(=O)C5CCCCC5)CC(O)CC[C@]7(C)[C@H]6CC[C@@]43C)[nH]c2c1. The van der Waals surface area contributed by atoms with Gasteiger partial charge in [0.05, 0.1) is 29.8 Å². The first-order chi connectivity index (χ1) is 21.1. The zero-order chi connectivity index (χ0) is 30.5. The minimum atomic E-state index is -0.860. The maximum atomic E-state index is 14.7. The molecule has 0 radical (unpaired) electrons. The number of thioether (sulfide) groups is 1. The molecule has 9 rings (SSSR count). The summed E-state index contributed by atoms with van der Waals surface area (Å²) >= 11 is 1.62. The maximum absolute atomic E-state index is 14.7. The molecular weight excluding hydrogens is 568 g/mol. The number of aliphatic hydroxyl groups excluding tert-OH is 1. The Morgan fingerprint density at radius 2 is 1.77 bits per heavy atom. The third-order valence-corrected chi connectivity index (χ3v) is 15.2. The molecule has 236 valence electrons. The summed E-state index contributed by atoms with van der Waals surface area (Å²) in [5.74, 6) is 2.43. The van der Waals surface area contributed by atoms with Crippen LogP contribution < -0.4 is 4.74 Å². The molecule has 1 aromatic heterocycles. The second-order valence-corrected chi connectivity index (χ2v) is 16.7. The molecule has 2 bridgehead atoms. The molecule has 1 heterocycles. The van der Waals surface area contributed by atoms with Crippen molar-refractivity contribution in [1.82, 2.24) is 9.97 Å². The highest BCUT2D eigenvalue weighted by Crippen LogP contribution is 2.78. The van der Waals surface area contributed by atoms with Gasteiger partial charge in [-0.1, -0.05) is 63.1 Å². The maximum Gasteiger partial charge on any atom is 0.166 e. The van der Waals surface area contributed by atoms with Crippen LogP contribution in [-0.2, 0) is 4.79 Å². The number of Topliss-reactive ketones (excluding diaryl/α,β-unsaturated/α-hetero) is 1. The lowest BCUT2D eigenvalue weighted by Crippen LogP contribution is -2.67. The first-order valence-corrected chi connectivity index (χ1v) is 18.1. The van der Waals surface area contributed by atoms with Gasteiger partial charge in [0.2, 0.25) is 0 Å². The summed E-state index contributed by atoms with van der Waals surface area (Å²) in [4.78, 5) is 22.9. The Kier molecular flexibility index (Phi) is 6.63. The second-order valence-electron chi connectivity index (χ2n) is 15.7. The fourth-order valence-electron chi connectivity index (χ4n) is 11.5. The molecule has 0 amide bonds. The number of hydrogen-bond donors (Lipinski definition) is 3. The highest BCUT2D eigenvalue weighted by molar-refractivity contribution is 7.99. The average molecular weight is 617 g/mol. The summed E-state index contributed by atoms with van der Waals surface area (Å²) < 4.78 is 5.40. The van der Waals surface area contributed by atoms with Crippen LogP contribution in [-0.4, -0.2) is 50.5 Å². The normalized spacial score (nSPS) is 42.9. The average Bonchev–Trinajstić information content (AvgIpc) is 3.57. The highest BCUT2D eigenvalue weighted by Gasteiger charge is 2.74. The Balaban J connectivity index is 1.16. The number of ether oxygens (including phenoxy) is 1. The first-order valence-electron chi connectivity index (χ1n) is 17.1. The molecule has 1 aromatic carbocycles. The van der Waals surface area contributed by atoms with Crippen LogP contribution in [0.5, 0.6) is 5.75 Å². The van der Waals surface area contributed by atoms with Crippen LogP contribution in [0.3, 0.4) is 0 Å². The molecule has 1 unspecified atom stereocenters. The topological polar surface area (TPSA) is 95.4 Å². The van der Waals surface area contributed by atoms with Gasteiger partial charge in [-0.2, -0.15) is 0 Å². The number of hydrogen-bond acceptors (Lipinski definition) is 6. The zero-order valence-corrected chi connectivity index (χ0v) is 27.3.